The lowest BCUT2D eigenvalue weighted by Crippen LogP contribution is -2.39. The van der Waals surface area contributed by atoms with Crippen LogP contribution in [-0.4, -0.2) is 36.8 Å². The lowest BCUT2D eigenvalue weighted by atomic mass is 9.96. The van der Waals surface area contributed by atoms with Gasteiger partial charge >= 0.3 is 11.9 Å². The smallest absolute Gasteiger partial charge is 0.379 e. The summed E-state index contributed by atoms with van der Waals surface area (Å²) in [7, 11) is 1.57. The van der Waals surface area contributed by atoms with Crippen LogP contribution in [0, 0.1) is 0 Å². The standard InChI is InChI=1S/C31H28N2O8S/c1-5-38-24-16-19(9-14-22(24)41-29(35)23-8-7-15-40-23)17-25-28(34)33-27(20-10-12-21(37-4)13-11-20)26(30(36)39-6-2)18(3)32-31(33)42-25/h7-17,27H,5-6H2,1-4H3/b25-17+. The molecule has 2 aromatic carbocycles. The third-order valence-corrected chi connectivity index (χ3v) is 7.42. The lowest BCUT2D eigenvalue weighted by Gasteiger charge is -2.24. The Morgan fingerprint density at radius 2 is 1.83 bits per heavy atom. The van der Waals surface area contributed by atoms with E-state index in [1.54, 1.807) is 63.4 Å². The van der Waals surface area contributed by atoms with Gasteiger partial charge in [-0.05, 0) is 74.4 Å². The van der Waals surface area contributed by atoms with Crippen LogP contribution in [0.3, 0.4) is 0 Å². The number of allylic oxidation sites excluding steroid dienone is 1. The van der Waals surface area contributed by atoms with Crippen LogP contribution in [0.4, 0.5) is 0 Å². The maximum atomic E-state index is 13.9. The van der Waals surface area contributed by atoms with Crippen molar-refractivity contribution in [1.82, 2.24) is 4.57 Å². The highest BCUT2D eigenvalue weighted by Crippen LogP contribution is 2.32. The van der Waals surface area contributed by atoms with Gasteiger partial charge in [0.1, 0.15) is 5.75 Å². The number of carbonyl (C=O) groups excluding carboxylic acids is 2. The van der Waals surface area contributed by atoms with Gasteiger partial charge in [-0.3, -0.25) is 9.36 Å². The second-order valence-electron chi connectivity index (χ2n) is 9.08. The van der Waals surface area contributed by atoms with E-state index in [2.05, 4.69) is 4.99 Å². The molecule has 42 heavy (non-hydrogen) atoms. The van der Waals surface area contributed by atoms with Crippen molar-refractivity contribution in [1.29, 1.82) is 0 Å². The van der Waals surface area contributed by atoms with E-state index in [-0.39, 0.29) is 23.7 Å². The van der Waals surface area contributed by atoms with Crippen LogP contribution < -0.4 is 29.1 Å². The number of esters is 2. The summed E-state index contributed by atoms with van der Waals surface area (Å²) in [5, 5.41) is 0. The van der Waals surface area contributed by atoms with Crippen LogP contribution in [0.5, 0.6) is 17.2 Å². The molecular weight excluding hydrogens is 560 g/mol. The zero-order valence-corrected chi connectivity index (χ0v) is 24.2. The number of nitrogens with zero attached hydrogens (tertiary/aromatic N) is 2. The number of rotatable bonds is 9. The number of methoxy groups -OCH3 is 1. The van der Waals surface area contributed by atoms with Crippen molar-refractivity contribution in [3.8, 4) is 17.2 Å². The van der Waals surface area contributed by atoms with Crippen molar-refractivity contribution in [2.24, 2.45) is 4.99 Å². The monoisotopic (exact) mass is 588 g/mol. The quantitative estimate of drug-likeness (QED) is 0.213. The molecule has 2 aromatic heterocycles. The van der Waals surface area contributed by atoms with Gasteiger partial charge in [0.05, 0.1) is 48.4 Å². The SMILES string of the molecule is CCOC(=O)C1=C(C)N=c2s/c(=C/c3ccc(OC(=O)c4ccco4)c(OCC)c3)c(=O)n2C1c1ccc(OC)cc1. The second kappa shape index (κ2) is 12.3. The average Bonchev–Trinajstić information content (AvgIpc) is 3.63. The van der Waals surface area contributed by atoms with E-state index in [0.29, 0.717) is 49.8 Å². The molecule has 0 saturated carbocycles. The molecule has 5 rings (SSSR count). The fraction of sp³-hybridized carbons (Fsp3) is 0.226. The Balaban J connectivity index is 1.58. The predicted molar refractivity (Wildman–Crippen MR) is 155 cm³/mol. The molecule has 1 aliphatic rings. The number of carbonyl (C=O) groups is 2. The van der Waals surface area contributed by atoms with Gasteiger partial charge in [-0.1, -0.05) is 29.5 Å². The van der Waals surface area contributed by atoms with Gasteiger partial charge < -0.3 is 23.4 Å². The van der Waals surface area contributed by atoms with Gasteiger partial charge in [-0.2, -0.15) is 0 Å². The van der Waals surface area contributed by atoms with Gasteiger partial charge in [0, 0.05) is 0 Å². The molecule has 0 aliphatic carbocycles. The molecular formula is C31H28N2O8S. The molecule has 0 bridgehead atoms. The number of ether oxygens (including phenoxy) is 4. The zero-order chi connectivity index (χ0) is 29.8. The molecule has 0 saturated heterocycles. The molecule has 0 amide bonds. The Hall–Kier alpha value is -4.90. The summed E-state index contributed by atoms with van der Waals surface area (Å²) >= 11 is 1.20. The highest BCUT2D eigenvalue weighted by atomic mass is 32.1. The van der Waals surface area contributed by atoms with Crippen LogP contribution in [0.25, 0.3) is 6.08 Å². The Bertz CT molecular complexity index is 1830. The Kier molecular flexibility index (Phi) is 8.39. The van der Waals surface area contributed by atoms with Gasteiger partial charge in [0.2, 0.25) is 5.76 Å². The first-order valence-corrected chi connectivity index (χ1v) is 14.0. The van der Waals surface area contributed by atoms with E-state index in [1.807, 2.05) is 19.1 Å². The third kappa shape index (κ3) is 5.64. The van der Waals surface area contributed by atoms with Gasteiger partial charge in [0.25, 0.3) is 5.56 Å². The number of fused-ring (bicyclic) bond motifs is 1. The van der Waals surface area contributed by atoms with E-state index < -0.39 is 18.0 Å². The van der Waals surface area contributed by atoms with Crippen molar-refractivity contribution >= 4 is 29.4 Å². The van der Waals surface area contributed by atoms with Crippen molar-refractivity contribution < 1.29 is 33.0 Å². The highest BCUT2D eigenvalue weighted by Gasteiger charge is 2.33. The molecule has 0 spiro atoms. The largest absolute Gasteiger partial charge is 0.497 e. The van der Waals surface area contributed by atoms with Crippen LogP contribution in [0.2, 0.25) is 0 Å². The van der Waals surface area contributed by atoms with E-state index >= 15 is 0 Å². The predicted octanol–water partition coefficient (Wildman–Crippen LogP) is 4.02. The first-order chi connectivity index (χ1) is 20.3. The molecule has 0 N–H and O–H groups in total. The van der Waals surface area contributed by atoms with Gasteiger partial charge in [-0.25, -0.2) is 14.6 Å². The Morgan fingerprint density at radius 3 is 2.50 bits per heavy atom. The third-order valence-electron chi connectivity index (χ3n) is 6.44. The topological polar surface area (TPSA) is 119 Å². The fourth-order valence-electron chi connectivity index (χ4n) is 4.56. The maximum Gasteiger partial charge on any atom is 0.379 e. The molecule has 0 radical (unpaired) electrons. The van der Waals surface area contributed by atoms with E-state index in [1.165, 1.54) is 28.2 Å². The molecule has 10 nitrogen and oxygen atoms in total. The molecule has 3 heterocycles. The number of benzene rings is 2. The summed E-state index contributed by atoms with van der Waals surface area (Å²) < 4.78 is 28.9. The van der Waals surface area contributed by atoms with E-state index in [9.17, 15) is 14.4 Å². The minimum atomic E-state index is -0.740. The number of furan rings is 1. The number of hydrogen-bond donors (Lipinski definition) is 0. The molecule has 216 valence electrons. The summed E-state index contributed by atoms with van der Waals surface area (Å²) in [6, 6.07) is 14.5. The average molecular weight is 589 g/mol. The fourth-order valence-corrected chi connectivity index (χ4v) is 5.60. The van der Waals surface area contributed by atoms with Crippen molar-refractivity contribution in [2.45, 2.75) is 26.8 Å². The summed E-state index contributed by atoms with van der Waals surface area (Å²) in [5.74, 6) is 0.0595. The Morgan fingerprint density at radius 1 is 1.05 bits per heavy atom. The van der Waals surface area contributed by atoms with Crippen molar-refractivity contribution in [2.75, 3.05) is 20.3 Å². The van der Waals surface area contributed by atoms with Crippen LogP contribution >= 0.6 is 11.3 Å². The van der Waals surface area contributed by atoms with Crippen molar-refractivity contribution in [3.05, 3.63) is 109 Å². The number of hydrogen-bond acceptors (Lipinski definition) is 10. The summed E-state index contributed by atoms with van der Waals surface area (Å²) in [4.78, 5) is 44.4. The maximum absolute atomic E-state index is 13.9. The molecule has 11 heteroatoms. The van der Waals surface area contributed by atoms with Crippen LogP contribution in [-0.2, 0) is 9.53 Å². The van der Waals surface area contributed by atoms with E-state index in [0.717, 1.165) is 0 Å². The summed E-state index contributed by atoms with van der Waals surface area (Å²) in [6.45, 7) is 5.78. The molecule has 0 fully saturated rings. The Labute approximate surface area is 244 Å². The zero-order valence-electron chi connectivity index (χ0n) is 23.4. The minimum Gasteiger partial charge on any atom is -0.497 e. The normalized spacial score (nSPS) is 14.7. The van der Waals surface area contributed by atoms with Gasteiger partial charge in [0.15, 0.2) is 16.3 Å². The molecule has 1 aliphatic heterocycles. The number of aromatic nitrogens is 1. The first-order valence-electron chi connectivity index (χ1n) is 13.2. The van der Waals surface area contributed by atoms with Crippen LogP contribution in [0.1, 0.15) is 48.5 Å². The highest BCUT2D eigenvalue weighted by molar-refractivity contribution is 7.07. The van der Waals surface area contributed by atoms with Crippen LogP contribution in [0.15, 0.2) is 86.3 Å². The molecule has 1 unspecified atom stereocenters. The molecule has 1 atom stereocenters. The molecule has 4 aromatic rings. The van der Waals surface area contributed by atoms with E-state index in [4.69, 9.17) is 23.4 Å². The second-order valence-corrected chi connectivity index (χ2v) is 10.1. The summed E-state index contributed by atoms with van der Waals surface area (Å²) in [6.07, 6.45) is 3.09. The minimum absolute atomic E-state index is 0.0616. The summed E-state index contributed by atoms with van der Waals surface area (Å²) in [5.41, 5.74) is 1.80. The first kappa shape index (κ1) is 28.6. The van der Waals surface area contributed by atoms with Crippen molar-refractivity contribution in [3.63, 3.8) is 0 Å². The van der Waals surface area contributed by atoms with Gasteiger partial charge in [-0.15, -0.1) is 0 Å². The number of thiazole rings is 1. The lowest BCUT2D eigenvalue weighted by molar-refractivity contribution is -0.139.